The monoisotopic (exact) mass is 389 g/mol. The van der Waals surface area contributed by atoms with Gasteiger partial charge in [-0.15, -0.1) is 11.3 Å². The molecule has 0 bridgehead atoms. The normalized spacial score (nSPS) is 13.9. The van der Waals surface area contributed by atoms with Crippen molar-refractivity contribution in [2.45, 2.75) is 12.8 Å². The average Bonchev–Trinajstić information content (AvgIpc) is 3.46. The number of rotatable bonds is 4. The second-order valence-corrected chi connectivity index (χ2v) is 7.71. The topological polar surface area (TPSA) is 62.5 Å². The molecule has 1 fully saturated rings. The van der Waals surface area contributed by atoms with Crippen molar-refractivity contribution in [1.82, 2.24) is 14.4 Å². The number of carbonyl (C=O) groups excluding carboxylic acids is 1. The van der Waals surface area contributed by atoms with Gasteiger partial charge in [0.05, 0.1) is 23.1 Å². The maximum atomic E-state index is 12.8. The molecule has 6 nitrogen and oxygen atoms in total. The predicted molar refractivity (Wildman–Crippen MR) is 112 cm³/mol. The average molecular weight is 389 g/mol. The molecule has 0 radical (unpaired) electrons. The van der Waals surface area contributed by atoms with Gasteiger partial charge in [0.2, 0.25) is 0 Å². The van der Waals surface area contributed by atoms with Gasteiger partial charge in [-0.3, -0.25) is 14.2 Å². The fourth-order valence-electron chi connectivity index (χ4n) is 3.58. The molecule has 1 amide bonds. The summed E-state index contributed by atoms with van der Waals surface area (Å²) in [5.41, 5.74) is 4.28. The second-order valence-electron chi connectivity index (χ2n) is 6.84. The molecule has 1 saturated heterocycles. The van der Waals surface area contributed by atoms with E-state index < -0.39 is 0 Å². The Morgan fingerprint density at radius 2 is 1.93 bits per heavy atom. The molecule has 0 aliphatic carbocycles. The number of hydrogen-bond acceptors (Lipinski definition) is 5. The van der Waals surface area contributed by atoms with Gasteiger partial charge in [0.15, 0.2) is 4.96 Å². The van der Waals surface area contributed by atoms with E-state index in [1.165, 1.54) is 0 Å². The number of nitrogens with one attached hydrogen (secondary N) is 1. The smallest absolute Gasteiger partial charge is 0.257 e. The highest BCUT2D eigenvalue weighted by Crippen LogP contribution is 2.26. The first-order valence-corrected chi connectivity index (χ1v) is 10.2. The third-order valence-corrected chi connectivity index (χ3v) is 5.79. The summed E-state index contributed by atoms with van der Waals surface area (Å²) >= 11 is 1.61. The summed E-state index contributed by atoms with van der Waals surface area (Å²) in [6.45, 7) is 1.95. The van der Waals surface area contributed by atoms with Crippen molar-refractivity contribution in [3.05, 3.63) is 66.1 Å². The number of thiazole rings is 1. The van der Waals surface area contributed by atoms with Crippen LogP contribution in [-0.4, -0.2) is 33.4 Å². The Labute approximate surface area is 166 Å². The molecule has 4 heterocycles. The molecule has 1 aromatic carbocycles. The number of carbonyl (C=O) groups is 1. The van der Waals surface area contributed by atoms with Crippen molar-refractivity contribution in [1.29, 1.82) is 0 Å². The van der Waals surface area contributed by atoms with Crippen LogP contribution in [0.1, 0.15) is 23.2 Å². The van der Waals surface area contributed by atoms with Crippen LogP contribution in [0.4, 0.5) is 11.4 Å². The lowest BCUT2D eigenvalue weighted by molar-refractivity contribution is 0.102. The molecule has 4 aromatic rings. The van der Waals surface area contributed by atoms with E-state index in [1.807, 2.05) is 46.4 Å². The molecule has 0 spiro atoms. The van der Waals surface area contributed by atoms with Crippen molar-refractivity contribution in [3.8, 4) is 11.3 Å². The Kier molecular flexibility index (Phi) is 4.29. The van der Waals surface area contributed by atoms with E-state index in [-0.39, 0.29) is 5.91 Å². The van der Waals surface area contributed by atoms with Gasteiger partial charge in [-0.25, -0.2) is 4.98 Å². The lowest BCUT2D eigenvalue weighted by Crippen LogP contribution is -2.23. The van der Waals surface area contributed by atoms with E-state index in [4.69, 9.17) is 0 Å². The predicted octanol–water partition coefficient (Wildman–Crippen LogP) is 4.31. The van der Waals surface area contributed by atoms with Crippen molar-refractivity contribution in [2.75, 3.05) is 23.3 Å². The Bertz CT molecular complexity index is 1100. The van der Waals surface area contributed by atoms with Gasteiger partial charge in [-0.1, -0.05) is 12.1 Å². The summed E-state index contributed by atoms with van der Waals surface area (Å²) in [7, 11) is 0. The van der Waals surface area contributed by atoms with Crippen molar-refractivity contribution < 1.29 is 4.79 Å². The van der Waals surface area contributed by atoms with Gasteiger partial charge < -0.3 is 10.2 Å². The van der Waals surface area contributed by atoms with Crippen LogP contribution in [0.5, 0.6) is 0 Å². The van der Waals surface area contributed by atoms with Crippen LogP contribution in [-0.2, 0) is 0 Å². The highest BCUT2D eigenvalue weighted by molar-refractivity contribution is 7.15. The SMILES string of the molecule is O=C(Nc1ccc(-c2cn3ccsc3n2)cc1)c1ccncc1N1CCCC1. The lowest BCUT2D eigenvalue weighted by atomic mass is 10.1. The van der Waals surface area contributed by atoms with Crippen LogP contribution >= 0.6 is 11.3 Å². The van der Waals surface area contributed by atoms with E-state index in [9.17, 15) is 4.79 Å². The molecular formula is C21H19N5OS. The van der Waals surface area contributed by atoms with Crippen LogP contribution < -0.4 is 10.2 Å². The van der Waals surface area contributed by atoms with Crippen molar-refractivity contribution in [2.24, 2.45) is 0 Å². The number of imidazole rings is 1. The Hall–Kier alpha value is -3.19. The minimum Gasteiger partial charge on any atom is -0.370 e. The minimum absolute atomic E-state index is 0.112. The Morgan fingerprint density at radius 3 is 2.71 bits per heavy atom. The Morgan fingerprint density at radius 1 is 1.11 bits per heavy atom. The zero-order chi connectivity index (χ0) is 18.9. The first kappa shape index (κ1) is 16.9. The van der Waals surface area contributed by atoms with Gasteiger partial charge >= 0.3 is 0 Å². The number of fused-ring (bicyclic) bond motifs is 1. The highest BCUT2D eigenvalue weighted by Gasteiger charge is 2.19. The molecule has 0 unspecified atom stereocenters. The van der Waals surface area contributed by atoms with E-state index in [1.54, 1.807) is 29.8 Å². The molecule has 140 valence electrons. The molecule has 28 heavy (non-hydrogen) atoms. The minimum atomic E-state index is -0.112. The van der Waals surface area contributed by atoms with E-state index in [0.717, 1.165) is 53.5 Å². The standard InChI is InChI=1S/C21H19N5OS/c27-20(17-7-8-22-13-19(17)25-9-1-2-10-25)23-16-5-3-15(4-6-16)18-14-26-11-12-28-21(26)24-18/h3-8,11-14H,1-2,9-10H2,(H,23,27). The van der Waals surface area contributed by atoms with Gasteiger partial charge in [-0.05, 0) is 31.0 Å². The molecule has 0 saturated carbocycles. The zero-order valence-corrected chi connectivity index (χ0v) is 16.0. The molecule has 5 rings (SSSR count). The maximum Gasteiger partial charge on any atom is 0.257 e. The van der Waals surface area contributed by atoms with Gasteiger partial charge in [0.25, 0.3) is 5.91 Å². The fraction of sp³-hybridized carbons (Fsp3) is 0.190. The number of benzene rings is 1. The fourth-order valence-corrected chi connectivity index (χ4v) is 4.28. The zero-order valence-electron chi connectivity index (χ0n) is 15.2. The van der Waals surface area contributed by atoms with Crippen LogP contribution in [0.25, 0.3) is 16.2 Å². The summed E-state index contributed by atoms with van der Waals surface area (Å²) < 4.78 is 2.01. The largest absolute Gasteiger partial charge is 0.370 e. The summed E-state index contributed by atoms with van der Waals surface area (Å²) in [4.78, 5) is 24.9. The first-order valence-electron chi connectivity index (χ1n) is 9.31. The van der Waals surface area contributed by atoms with Crippen LogP contribution in [0.3, 0.4) is 0 Å². The third kappa shape index (κ3) is 3.14. The molecule has 0 atom stereocenters. The van der Waals surface area contributed by atoms with Crippen LogP contribution in [0.15, 0.2) is 60.5 Å². The number of amides is 1. The van der Waals surface area contributed by atoms with Gasteiger partial charge in [0.1, 0.15) is 0 Å². The van der Waals surface area contributed by atoms with Crippen LogP contribution in [0, 0.1) is 0 Å². The maximum absolute atomic E-state index is 12.8. The molecule has 1 aliphatic heterocycles. The molecule has 1 N–H and O–H groups in total. The van der Waals surface area contributed by atoms with E-state index in [0.29, 0.717) is 5.56 Å². The van der Waals surface area contributed by atoms with Crippen LogP contribution in [0.2, 0.25) is 0 Å². The number of pyridine rings is 1. The number of aromatic nitrogens is 3. The summed E-state index contributed by atoms with van der Waals surface area (Å²) in [6.07, 6.45) is 9.78. The third-order valence-electron chi connectivity index (χ3n) is 5.02. The Balaban J connectivity index is 1.35. The molecule has 3 aromatic heterocycles. The summed E-state index contributed by atoms with van der Waals surface area (Å²) in [5, 5.41) is 5.02. The lowest BCUT2D eigenvalue weighted by Gasteiger charge is -2.20. The molecular weight excluding hydrogens is 370 g/mol. The van der Waals surface area contributed by atoms with Gasteiger partial charge in [0, 0.05) is 48.3 Å². The first-order chi connectivity index (χ1) is 13.8. The van der Waals surface area contributed by atoms with Crippen molar-refractivity contribution >= 4 is 33.6 Å². The molecule has 7 heteroatoms. The summed E-state index contributed by atoms with van der Waals surface area (Å²) in [5.74, 6) is -0.112. The summed E-state index contributed by atoms with van der Waals surface area (Å²) in [6, 6.07) is 9.58. The van der Waals surface area contributed by atoms with Crippen molar-refractivity contribution in [3.63, 3.8) is 0 Å². The number of hydrogen-bond donors (Lipinski definition) is 1. The quantitative estimate of drug-likeness (QED) is 0.565. The number of anilines is 2. The second kappa shape index (κ2) is 7.09. The van der Waals surface area contributed by atoms with Gasteiger partial charge in [-0.2, -0.15) is 0 Å². The van der Waals surface area contributed by atoms with E-state index in [2.05, 4.69) is 20.2 Å². The number of nitrogens with zero attached hydrogens (tertiary/aromatic N) is 4. The highest BCUT2D eigenvalue weighted by atomic mass is 32.1. The van der Waals surface area contributed by atoms with E-state index >= 15 is 0 Å². The molecule has 1 aliphatic rings.